The predicted molar refractivity (Wildman–Crippen MR) is 77.3 cm³/mol. The Kier molecular flexibility index (Phi) is 3.37. The Balaban J connectivity index is 1.91. The summed E-state index contributed by atoms with van der Waals surface area (Å²) >= 11 is 0. The van der Waals surface area contributed by atoms with Gasteiger partial charge in [0.25, 0.3) is 11.8 Å². The van der Waals surface area contributed by atoms with E-state index >= 15 is 0 Å². The van der Waals surface area contributed by atoms with Gasteiger partial charge in [-0.2, -0.15) is 0 Å². The fraction of sp³-hybridized carbons (Fsp3) is 0.133. The molecule has 0 saturated heterocycles. The maximum absolute atomic E-state index is 12.1. The van der Waals surface area contributed by atoms with Crippen LogP contribution in [0.1, 0.15) is 0 Å². The maximum Gasteiger partial charge on any atom is 0.277 e. The van der Waals surface area contributed by atoms with Crippen molar-refractivity contribution >= 4 is 28.3 Å². The molecule has 1 aliphatic rings. The van der Waals surface area contributed by atoms with Crippen molar-refractivity contribution in [3.63, 3.8) is 0 Å². The molecule has 2 heterocycles. The average molecular weight is 283 g/mol. The molecular weight excluding hydrogens is 270 g/mol. The van der Waals surface area contributed by atoms with Crippen molar-refractivity contribution in [2.24, 2.45) is 0 Å². The summed E-state index contributed by atoms with van der Waals surface area (Å²) in [6.45, 7) is -0.253. The molecule has 0 radical (unpaired) electrons. The topological polar surface area (TPSA) is 82.5 Å². The van der Waals surface area contributed by atoms with Gasteiger partial charge in [-0.25, -0.2) is 0 Å². The molecule has 1 aromatic heterocycles. The minimum Gasteiger partial charge on any atom is -0.395 e. The van der Waals surface area contributed by atoms with Crippen LogP contribution in [0.15, 0.2) is 48.4 Å². The van der Waals surface area contributed by atoms with Gasteiger partial charge in [-0.05, 0) is 12.1 Å². The number of amides is 2. The second kappa shape index (κ2) is 5.34. The van der Waals surface area contributed by atoms with Crippen molar-refractivity contribution in [1.29, 1.82) is 0 Å². The van der Waals surface area contributed by atoms with E-state index in [1.165, 1.54) is 6.08 Å². The molecule has 6 heteroatoms. The number of benzene rings is 1. The number of imide groups is 1. The van der Waals surface area contributed by atoms with Gasteiger partial charge in [0.2, 0.25) is 0 Å². The number of aromatic nitrogens is 1. The molecule has 0 fully saturated rings. The van der Waals surface area contributed by atoms with E-state index in [9.17, 15) is 9.59 Å². The van der Waals surface area contributed by atoms with Crippen molar-refractivity contribution in [1.82, 2.24) is 9.88 Å². The number of nitrogens with one attached hydrogen (secondary N) is 1. The van der Waals surface area contributed by atoms with Crippen LogP contribution in [0.2, 0.25) is 0 Å². The molecule has 2 N–H and O–H groups in total. The highest BCUT2D eigenvalue weighted by Gasteiger charge is 2.30. The van der Waals surface area contributed by atoms with Crippen LogP contribution in [-0.2, 0) is 9.59 Å². The summed E-state index contributed by atoms with van der Waals surface area (Å²) in [5.41, 5.74) is 0.936. The number of β-amino-alcohol motifs (C(OH)–C–C–N with tert-alkyl or cyclic N) is 1. The van der Waals surface area contributed by atoms with Crippen LogP contribution in [0, 0.1) is 0 Å². The molecule has 106 valence electrons. The van der Waals surface area contributed by atoms with E-state index in [0.717, 1.165) is 21.4 Å². The van der Waals surface area contributed by atoms with E-state index in [-0.39, 0.29) is 18.8 Å². The smallest absolute Gasteiger partial charge is 0.277 e. The molecule has 0 unspecified atom stereocenters. The van der Waals surface area contributed by atoms with Gasteiger partial charge >= 0.3 is 0 Å². The van der Waals surface area contributed by atoms with E-state index in [1.807, 2.05) is 24.3 Å². The lowest BCUT2D eigenvalue weighted by atomic mass is 10.1. The first kappa shape index (κ1) is 13.3. The summed E-state index contributed by atoms with van der Waals surface area (Å²) in [6, 6.07) is 7.43. The monoisotopic (exact) mass is 283 g/mol. The highest BCUT2D eigenvalue weighted by Crippen LogP contribution is 2.25. The number of anilines is 1. The van der Waals surface area contributed by atoms with Gasteiger partial charge in [0.1, 0.15) is 5.70 Å². The zero-order chi connectivity index (χ0) is 14.8. The van der Waals surface area contributed by atoms with Crippen molar-refractivity contribution in [3.8, 4) is 0 Å². The van der Waals surface area contributed by atoms with Gasteiger partial charge in [-0.1, -0.05) is 12.1 Å². The first-order valence-electron chi connectivity index (χ1n) is 6.49. The Morgan fingerprint density at radius 2 is 2.10 bits per heavy atom. The molecule has 0 aliphatic carbocycles. The summed E-state index contributed by atoms with van der Waals surface area (Å²) in [7, 11) is 0. The Hall–Kier alpha value is -2.73. The quantitative estimate of drug-likeness (QED) is 0.814. The third-order valence-corrected chi connectivity index (χ3v) is 3.28. The third-order valence-electron chi connectivity index (χ3n) is 3.28. The van der Waals surface area contributed by atoms with E-state index in [4.69, 9.17) is 5.11 Å². The normalized spacial score (nSPS) is 14.7. The summed E-state index contributed by atoms with van der Waals surface area (Å²) in [5.74, 6) is -0.849. The molecule has 2 aromatic rings. The average Bonchev–Trinajstić information content (AvgIpc) is 2.76. The number of fused-ring (bicyclic) bond motifs is 1. The molecule has 0 bridgehead atoms. The lowest BCUT2D eigenvalue weighted by molar-refractivity contribution is -0.137. The maximum atomic E-state index is 12.1. The number of pyridine rings is 1. The number of hydrogen-bond donors (Lipinski definition) is 2. The number of carbonyl (C=O) groups is 2. The molecule has 2 amide bonds. The fourth-order valence-electron chi connectivity index (χ4n) is 2.29. The Morgan fingerprint density at radius 3 is 2.90 bits per heavy atom. The van der Waals surface area contributed by atoms with Crippen LogP contribution >= 0.6 is 0 Å². The van der Waals surface area contributed by atoms with Gasteiger partial charge < -0.3 is 10.4 Å². The standard InChI is InChI=1S/C15H13N3O3/c19-7-6-18-14(20)8-13(15(18)21)17-12-3-1-2-10-9-16-5-4-11(10)12/h1-5,8-9,17,19H,6-7H2. The second-order valence-corrected chi connectivity index (χ2v) is 4.60. The van der Waals surface area contributed by atoms with Gasteiger partial charge in [0, 0.05) is 34.9 Å². The van der Waals surface area contributed by atoms with E-state index < -0.39 is 11.8 Å². The number of rotatable bonds is 4. The number of aliphatic hydroxyl groups excluding tert-OH is 1. The number of aliphatic hydroxyl groups is 1. The first-order valence-corrected chi connectivity index (χ1v) is 6.49. The lowest BCUT2D eigenvalue weighted by Crippen LogP contribution is -2.34. The largest absolute Gasteiger partial charge is 0.395 e. The Morgan fingerprint density at radius 1 is 1.24 bits per heavy atom. The van der Waals surface area contributed by atoms with Gasteiger partial charge in [-0.15, -0.1) is 0 Å². The summed E-state index contributed by atoms with van der Waals surface area (Å²) < 4.78 is 0. The molecule has 0 saturated carbocycles. The number of carbonyl (C=O) groups excluding carboxylic acids is 2. The SMILES string of the molecule is O=C1C=C(Nc2cccc3cnccc23)C(=O)N1CCO. The van der Waals surface area contributed by atoms with Crippen LogP contribution in [0.25, 0.3) is 10.8 Å². The highest BCUT2D eigenvalue weighted by molar-refractivity contribution is 6.18. The second-order valence-electron chi connectivity index (χ2n) is 4.60. The van der Waals surface area contributed by atoms with Crippen LogP contribution in [0.3, 0.4) is 0 Å². The van der Waals surface area contributed by atoms with E-state index in [0.29, 0.717) is 0 Å². The Labute approximate surface area is 120 Å². The van der Waals surface area contributed by atoms with Gasteiger partial charge in [-0.3, -0.25) is 19.5 Å². The van der Waals surface area contributed by atoms with E-state index in [2.05, 4.69) is 10.3 Å². The van der Waals surface area contributed by atoms with Crippen molar-refractivity contribution in [3.05, 3.63) is 48.4 Å². The van der Waals surface area contributed by atoms with Crippen LogP contribution < -0.4 is 5.32 Å². The summed E-state index contributed by atoms with van der Waals surface area (Å²) in [5, 5.41) is 13.7. The minimum atomic E-state index is -0.430. The number of hydrogen-bond acceptors (Lipinski definition) is 5. The van der Waals surface area contributed by atoms with Crippen LogP contribution in [0.4, 0.5) is 5.69 Å². The number of nitrogens with zero attached hydrogens (tertiary/aromatic N) is 2. The predicted octanol–water partition coefficient (Wildman–Crippen LogP) is 0.892. The molecule has 6 nitrogen and oxygen atoms in total. The third kappa shape index (κ3) is 2.36. The highest BCUT2D eigenvalue weighted by atomic mass is 16.3. The zero-order valence-electron chi connectivity index (χ0n) is 11.1. The molecule has 0 spiro atoms. The Bertz CT molecular complexity index is 749. The van der Waals surface area contributed by atoms with Crippen molar-refractivity contribution < 1.29 is 14.7 Å². The molecule has 0 atom stereocenters. The molecular formula is C15H13N3O3. The lowest BCUT2D eigenvalue weighted by Gasteiger charge is -2.14. The van der Waals surface area contributed by atoms with E-state index in [1.54, 1.807) is 12.4 Å². The zero-order valence-corrected chi connectivity index (χ0v) is 11.1. The summed E-state index contributed by atoms with van der Waals surface area (Å²) in [4.78, 5) is 28.9. The first-order chi connectivity index (χ1) is 10.2. The fourth-order valence-corrected chi connectivity index (χ4v) is 2.29. The van der Waals surface area contributed by atoms with Crippen molar-refractivity contribution in [2.45, 2.75) is 0 Å². The molecule has 1 aliphatic heterocycles. The van der Waals surface area contributed by atoms with Crippen LogP contribution in [-0.4, -0.2) is 40.0 Å². The summed E-state index contributed by atoms with van der Waals surface area (Å²) in [6.07, 6.45) is 4.65. The molecule has 1 aromatic carbocycles. The molecule has 21 heavy (non-hydrogen) atoms. The van der Waals surface area contributed by atoms with Gasteiger partial charge in [0.15, 0.2) is 0 Å². The molecule has 3 rings (SSSR count). The van der Waals surface area contributed by atoms with Crippen molar-refractivity contribution in [2.75, 3.05) is 18.5 Å². The van der Waals surface area contributed by atoms with Crippen LogP contribution in [0.5, 0.6) is 0 Å². The minimum absolute atomic E-state index is 0.00119. The van der Waals surface area contributed by atoms with Gasteiger partial charge in [0.05, 0.1) is 13.2 Å².